The largest absolute Gasteiger partial charge is 0.342 e. The number of hydrogen-bond acceptors (Lipinski definition) is 2. The third-order valence-electron chi connectivity index (χ3n) is 6.34. The van der Waals surface area contributed by atoms with Gasteiger partial charge in [0.15, 0.2) is 0 Å². The molecule has 2 saturated heterocycles. The zero-order valence-corrected chi connectivity index (χ0v) is 13.5. The Labute approximate surface area is 133 Å². The van der Waals surface area contributed by atoms with Crippen LogP contribution in [0, 0.1) is 11.3 Å². The Morgan fingerprint density at radius 2 is 1.91 bits per heavy atom. The number of hydrogen-bond donors (Lipinski definition) is 1. The summed E-state index contributed by atoms with van der Waals surface area (Å²) in [5.74, 6) is 0.745. The Morgan fingerprint density at radius 1 is 1.18 bits per heavy atom. The summed E-state index contributed by atoms with van der Waals surface area (Å²) >= 11 is 0. The van der Waals surface area contributed by atoms with Crippen LogP contribution in [0.3, 0.4) is 0 Å². The lowest BCUT2D eigenvalue weighted by Crippen LogP contribution is -2.37. The van der Waals surface area contributed by atoms with Crippen molar-refractivity contribution in [2.24, 2.45) is 11.3 Å². The van der Waals surface area contributed by atoms with E-state index in [2.05, 4.69) is 47.5 Å². The first kappa shape index (κ1) is 14.3. The van der Waals surface area contributed by atoms with Crippen molar-refractivity contribution >= 4 is 5.91 Å². The highest BCUT2D eigenvalue weighted by Crippen LogP contribution is 2.59. The van der Waals surface area contributed by atoms with Crippen molar-refractivity contribution in [3.63, 3.8) is 0 Å². The SMILES string of the molecule is CC1(c2ccccc2)CCN(C(=O)C2CC23CCNCC3)C1. The predicted molar refractivity (Wildman–Crippen MR) is 87.6 cm³/mol. The highest BCUT2D eigenvalue weighted by atomic mass is 16.2. The number of nitrogens with zero attached hydrogens (tertiary/aromatic N) is 1. The smallest absolute Gasteiger partial charge is 0.226 e. The molecule has 4 rings (SSSR count). The monoisotopic (exact) mass is 298 g/mol. The molecule has 2 heterocycles. The number of benzene rings is 1. The Bertz CT molecular complexity index is 564. The number of rotatable bonds is 2. The van der Waals surface area contributed by atoms with Crippen LogP contribution >= 0.6 is 0 Å². The summed E-state index contributed by atoms with van der Waals surface area (Å²) < 4.78 is 0. The summed E-state index contributed by atoms with van der Waals surface area (Å²) in [6.45, 7) is 6.30. The van der Waals surface area contributed by atoms with E-state index >= 15 is 0 Å². The number of carbonyl (C=O) groups excluding carboxylic acids is 1. The van der Waals surface area contributed by atoms with Crippen LogP contribution in [-0.4, -0.2) is 37.0 Å². The minimum absolute atomic E-state index is 0.132. The number of carbonyl (C=O) groups is 1. The quantitative estimate of drug-likeness (QED) is 0.910. The summed E-state index contributed by atoms with van der Waals surface area (Å²) in [5, 5.41) is 3.42. The van der Waals surface area contributed by atoms with Crippen LogP contribution < -0.4 is 5.32 Å². The third kappa shape index (κ3) is 2.26. The van der Waals surface area contributed by atoms with Crippen LogP contribution in [0.1, 0.15) is 38.2 Å². The molecule has 3 fully saturated rings. The Kier molecular flexibility index (Phi) is 3.30. The molecule has 1 aromatic carbocycles. The van der Waals surface area contributed by atoms with E-state index in [4.69, 9.17) is 0 Å². The summed E-state index contributed by atoms with van der Waals surface area (Å²) in [7, 11) is 0. The Hall–Kier alpha value is -1.35. The maximum absolute atomic E-state index is 12.9. The summed E-state index contributed by atoms with van der Waals surface area (Å²) in [6.07, 6.45) is 4.59. The predicted octanol–water partition coefficient (Wildman–Crippen LogP) is 2.57. The van der Waals surface area contributed by atoms with E-state index in [1.54, 1.807) is 0 Å². The van der Waals surface area contributed by atoms with Gasteiger partial charge in [-0.2, -0.15) is 0 Å². The van der Waals surface area contributed by atoms with Gasteiger partial charge in [-0.25, -0.2) is 0 Å². The second-order valence-corrected chi connectivity index (χ2v) is 7.81. The van der Waals surface area contributed by atoms with Gasteiger partial charge < -0.3 is 10.2 Å². The first-order valence-corrected chi connectivity index (χ1v) is 8.68. The van der Waals surface area contributed by atoms with E-state index < -0.39 is 0 Å². The summed E-state index contributed by atoms with van der Waals surface area (Å²) in [5.41, 5.74) is 1.86. The highest BCUT2D eigenvalue weighted by molar-refractivity contribution is 5.83. The molecule has 1 aromatic rings. The van der Waals surface area contributed by atoms with Gasteiger partial charge in [-0.15, -0.1) is 0 Å². The number of amides is 1. The molecule has 0 radical (unpaired) electrons. The standard InChI is InChI=1S/C19H26N2O/c1-18(15-5-3-2-4-6-15)9-12-21(14-18)17(22)16-13-19(16)7-10-20-11-8-19/h2-6,16,20H,7-14H2,1H3. The summed E-state index contributed by atoms with van der Waals surface area (Å²) in [4.78, 5) is 15.1. The van der Waals surface area contributed by atoms with Crippen LogP contribution in [0.2, 0.25) is 0 Å². The minimum Gasteiger partial charge on any atom is -0.342 e. The van der Waals surface area contributed by atoms with Crippen LogP contribution in [0.15, 0.2) is 30.3 Å². The second-order valence-electron chi connectivity index (χ2n) is 7.81. The van der Waals surface area contributed by atoms with Crippen LogP contribution in [-0.2, 0) is 10.2 Å². The molecule has 1 spiro atoms. The van der Waals surface area contributed by atoms with Gasteiger partial charge >= 0.3 is 0 Å². The molecule has 3 nitrogen and oxygen atoms in total. The molecule has 2 unspecified atom stereocenters. The molecule has 0 aromatic heterocycles. The number of piperidine rings is 1. The van der Waals surface area contributed by atoms with Gasteiger partial charge in [0.2, 0.25) is 5.91 Å². The van der Waals surface area contributed by atoms with E-state index in [1.165, 1.54) is 18.4 Å². The van der Waals surface area contributed by atoms with Gasteiger partial charge in [-0.1, -0.05) is 37.3 Å². The molecule has 1 amide bonds. The molecule has 22 heavy (non-hydrogen) atoms. The molecule has 1 saturated carbocycles. The maximum Gasteiger partial charge on any atom is 0.226 e. The molecule has 0 bridgehead atoms. The molecule has 2 atom stereocenters. The highest BCUT2D eigenvalue weighted by Gasteiger charge is 2.59. The number of likely N-dealkylation sites (tertiary alicyclic amines) is 1. The van der Waals surface area contributed by atoms with Gasteiger partial charge in [0.1, 0.15) is 0 Å². The average molecular weight is 298 g/mol. The van der Waals surface area contributed by atoms with Gasteiger partial charge in [0.25, 0.3) is 0 Å². The first-order valence-electron chi connectivity index (χ1n) is 8.68. The number of nitrogens with one attached hydrogen (secondary N) is 1. The van der Waals surface area contributed by atoms with E-state index in [0.717, 1.165) is 39.0 Å². The zero-order chi connectivity index (χ0) is 15.2. The van der Waals surface area contributed by atoms with Gasteiger partial charge in [-0.05, 0) is 49.8 Å². The van der Waals surface area contributed by atoms with Gasteiger partial charge in [0, 0.05) is 24.4 Å². The molecule has 1 N–H and O–H groups in total. The minimum atomic E-state index is 0.132. The first-order chi connectivity index (χ1) is 10.6. The Morgan fingerprint density at radius 3 is 2.64 bits per heavy atom. The molecule has 1 aliphatic carbocycles. The van der Waals surface area contributed by atoms with E-state index in [9.17, 15) is 4.79 Å². The van der Waals surface area contributed by atoms with Crippen LogP contribution in [0.25, 0.3) is 0 Å². The average Bonchev–Trinajstić information content (AvgIpc) is 3.08. The lowest BCUT2D eigenvalue weighted by Gasteiger charge is -2.27. The van der Waals surface area contributed by atoms with Gasteiger partial charge in [0.05, 0.1) is 0 Å². The van der Waals surface area contributed by atoms with E-state index in [1.807, 2.05) is 0 Å². The molecular formula is C19H26N2O. The summed E-state index contributed by atoms with van der Waals surface area (Å²) in [6, 6.07) is 10.7. The molecule has 3 heteroatoms. The fraction of sp³-hybridized carbons (Fsp3) is 0.632. The zero-order valence-electron chi connectivity index (χ0n) is 13.5. The van der Waals surface area contributed by atoms with Crippen molar-refractivity contribution in [2.45, 2.75) is 38.0 Å². The molecule has 118 valence electrons. The van der Waals surface area contributed by atoms with Crippen LogP contribution in [0.5, 0.6) is 0 Å². The fourth-order valence-corrected chi connectivity index (χ4v) is 4.62. The lowest BCUT2D eigenvalue weighted by atomic mass is 9.82. The fourth-order valence-electron chi connectivity index (χ4n) is 4.62. The molecule has 3 aliphatic rings. The van der Waals surface area contributed by atoms with Gasteiger partial charge in [-0.3, -0.25) is 4.79 Å². The van der Waals surface area contributed by atoms with E-state index in [0.29, 0.717) is 17.2 Å². The van der Waals surface area contributed by atoms with Crippen LogP contribution in [0.4, 0.5) is 0 Å². The van der Waals surface area contributed by atoms with Crippen molar-refractivity contribution in [3.05, 3.63) is 35.9 Å². The van der Waals surface area contributed by atoms with Crippen molar-refractivity contribution in [1.82, 2.24) is 10.2 Å². The third-order valence-corrected chi connectivity index (χ3v) is 6.34. The maximum atomic E-state index is 12.9. The lowest BCUT2D eigenvalue weighted by molar-refractivity contribution is -0.132. The van der Waals surface area contributed by atoms with Crippen molar-refractivity contribution < 1.29 is 4.79 Å². The van der Waals surface area contributed by atoms with Crippen molar-refractivity contribution in [2.75, 3.05) is 26.2 Å². The normalized spacial score (nSPS) is 33.1. The second kappa shape index (κ2) is 5.09. The Balaban J connectivity index is 1.44. The molecule has 2 aliphatic heterocycles. The topological polar surface area (TPSA) is 32.3 Å². The van der Waals surface area contributed by atoms with E-state index in [-0.39, 0.29) is 5.41 Å². The van der Waals surface area contributed by atoms with Crippen molar-refractivity contribution in [3.8, 4) is 0 Å². The van der Waals surface area contributed by atoms with Crippen molar-refractivity contribution in [1.29, 1.82) is 0 Å². The molecular weight excluding hydrogens is 272 g/mol.